The maximum atomic E-state index is 9.08. The van der Waals surface area contributed by atoms with Crippen molar-refractivity contribution in [2.75, 3.05) is 12.3 Å². The minimum absolute atomic E-state index is 0.216. The summed E-state index contributed by atoms with van der Waals surface area (Å²) >= 11 is 0. The highest BCUT2D eigenvalue weighted by Crippen LogP contribution is 2.23. The highest BCUT2D eigenvalue weighted by atomic mass is 16.6. The molecule has 0 spiro atoms. The lowest BCUT2D eigenvalue weighted by Gasteiger charge is -2.03. The molecule has 12 heavy (non-hydrogen) atoms. The molecule has 0 bridgehead atoms. The molecule has 0 saturated carbocycles. The Kier molecular flexibility index (Phi) is 1.66. The Morgan fingerprint density at radius 2 is 2.33 bits per heavy atom. The predicted molar refractivity (Wildman–Crippen MR) is 46.0 cm³/mol. The second kappa shape index (κ2) is 2.68. The smallest absolute Gasteiger partial charge is 0.117 e. The van der Waals surface area contributed by atoms with Gasteiger partial charge < -0.3 is 15.6 Å². The maximum absolute atomic E-state index is 9.08. The lowest BCUT2D eigenvalue weighted by Crippen LogP contribution is -1.98. The summed E-state index contributed by atoms with van der Waals surface area (Å²) in [5.74, 6) is 0.216. The SMILES string of the molecule is Nc1cc(O)ccc1CC1CO1. The molecule has 1 unspecified atom stereocenters. The average Bonchev–Trinajstić information content (AvgIpc) is 2.79. The van der Waals surface area contributed by atoms with Gasteiger partial charge in [0.05, 0.1) is 12.7 Å². The normalized spacial score (nSPS) is 20.8. The number of phenolic OH excluding ortho intramolecular Hbond substituents is 1. The molecule has 1 aliphatic rings. The third kappa shape index (κ3) is 1.51. The van der Waals surface area contributed by atoms with Crippen LogP contribution in [0.4, 0.5) is 5.69 Å². The van der Waals surface area contributed by atoms with Crippen molar-refractivity contribution in [3.8, 4) is 5.75 Å². The van der Waals surface area contributed by atoms with Gasteiger partial charge in [0, 0.05) is 18.2 Å². The molecule has 0 radical (unpaired) electrons. The Morgan fingerprint density at radius 1 is 1.58 bits per heavy atom. The van der Waals surface area contributed by atoms with E-state index in [1.54, 1.807) is 12.1 Å². The van der Waals surface area contributed by atoms with Gasteiger partial charge in [-0.25, -0.2) is 0 Å². The van der Waals surface area contributed by atoms with Crippen LogP contribution in [0.1, 0.15) is 5.56 Å². The standard InChI is InChI=1S/C9H11NO2/c10-9-4-7(11)2-1-6(9)3-8-5-12-8/h1-2,4,8,11H,3,5,10H2. The molecule has 1 aromatic rings. The van der Waals surface area contributed by atoms with Crippen LogP contribution in [0, 0.1) is 0 Å². The second-order valence-corrected chi connectivity index (χ2v) is 3.04. The van der Waals surface area contributed by atoms with Crippen molar-refractivity contribution < 1.29 is 9.84 Å². The van der Waals surface area contributed by atoms with E-state index >= 15 is 0 Å². The summed E-state index contributed by atoms with van der Waals surface area (Å²) in [5.41, 5.74) is 7.38. The Morgan fingerprint density at radius 3 is 2.92 bits per heavy atom. The number of aromatic hydroxyl groups is 1. The van der Waals surface area contributed by atoms with Crippen LogP contribution < -0.4 is 5.73 Å². The van der Waals surface area contributed by atoms with Crippen molar-refractivity contribution in [1.82, 2.24) is 0 Å². The van der Waals surface area contributed by atoms with Crippen molar-refractivity contribution in [2.24, 2.45) is 0 Å². The monoisotopic (exact) mass is 165 g/mol. The number of epoxide rings is 1. The molecular formula is C9H11NO2. The zero-order chi connectivity index (χ0) is 8.55. The van der Waals surface area contributed by atoms with Gasteiger partial charge in [-0.1, -0.05) is 6.07 Å². The van der Waals surface area contributed by atoms with E-state index in [2.05, 4.69) is 0 Å². The number of phenols is 1. The van der Waals surface area contributed by atoms with Gasteiger partial charge in [-0.2, -0.15) is 0 Å². The van der Waals surface area contributed by atoms with Crippen molar-refractivity contribution in [3.63, 3.8) is 0 Å². The largest absolute Gasteiger partial charge is 0.508 e. The highest BCUT2D eigenvalue weighted by molar-refractivity contribution is 5.51. The molecular weight excluding hydrogens is 154 g/mol. The first kappa shape index (κ1) is 7.43. The van der Waals surface area contributed by atoms with Gasteiger partial charge in [0.15, 0.2) is 0 Å². The third-order valence-electron chi connectivity index (χ3n) is 1.98. The van der Waals surface area contributed by atoms with Gasteiger partial charge in [-0.05, 0) is 11.6 Å². The Bertz CT molecular complexity index is 295. The topological polar surface area (TPSA) is 58.8 Å². The molecule has 0 amide bonds. The van der Waals surface area contributed by atoms with E-state index in [0.717, 1.165) is 18.6 Å². The first-order chi connectivity index (χ1) is 5.75. The summed E-state index contributed by atoms with van der Waals surface area (Å²) in [6.07, 6.45) is 1.20. The van der Waals surface area contributed by atoms with Crippen LogP contribution >= 0.6 is 0 Å². The lowest BCUT2D eigenvalue weighted by atomic mass is 10.1. The minimum Gasteiger partial charge on any atom is -0.508 e. The third-order valence-corrected chi connectivity index (χ3v) is 1.98. The van der Waals surface area contributed by atoms with Gasteiger partial charge in [-0.15, -0.1) is 0 Å². The van der Waals surface area contributed by atoms with E-state index < -0.39 is 0 Å². The van der Waals surface area contributed by atoms with Crippen molar-refractivity contribution in [2.45, 2.75) is 12.5 Å². The summed E-state index contributed by atoms with van der Waals surface area (Å²) in [7, 11) is 0. The summed E-state index contributed by atoms with van der Waals surface area (Å²) in [6, 6.07) is 5.05. The van der Waals surface area contributed by atoms with Crippen LogP contribution in [0.5, 0.6) is 5.75 Å². The minimum atomic E-state index is 0.216. The number of hydrogen-bond acceptors (Lipinski definition) is 3. The van der Waals surface area contributed by atoms with E-state index in [1.165, 1.54) is 0 Å². The molecule has 3 N–H and O–H groups in total. The molecule has 2 rings (SSSR count). The molecule has 1 fully saturated rings. The molecule has 64 valence electrons. The van der Waals surface area contributed by atoms with Gasteiger partial charge in [0.2, 0.25) is 0 Å². The Hall–Kier alpha value is -1.22. The van der Waals surface area contributed by atoms with E-state index in [9.17, 15) is 0 Å². The van der Waals surface area contributed by atoms with Crippen LogP contribution in [0.25, 0.3) is 0 Å². The van der Waals surface area contributed by atoms with Gasteiger partial charge >= 0.3 is 0 Å². The Balaban J connectivity index is 2.18. The first-order valence-corrected chi connectivity index (χ1v) is 3.94. The maximum Gasteiger partial charge on any atom is 0.117 e. The van der Waals surface area contributed by atoms with E-state index in [0.29, 0.717) is 11.8 Å². The van der Waals surface area contributed by atoms with Crippen LogP contribution in [0.15, 0.2) is 18.2 Å². The number of rotatable bonds is 2. The van der Waals surface area contributed by atoms with Crippen LogP contribution in [0.2, 0.25) is 0 Å². The Labute approximate surface area is 70.8 Å². The van der Waals surface area contributed by atoms with Crippen molar-refractivity contribution in [1.29, 1.82) is 0 Å². The molecule has 3 heteroatoms. The summed E-state index contributed by atoms with van der Waals surface area (Å²) in [4.78, 5) is 0. The van der Waals surface area contributed by atoms with Crippen LogP contribution in [-0.4, -0.2) is 17.8 Å². The molecule has 1 atom stereocenters. The van der Waals surface area contributed by atoms with Crippen molar-refractivity contribution >= 4 is 5.69 Å². The number of hydrogen-bond donors (Lipinski definition) is 2. The number of benzene rings is 1. The fraction of sp³-hybridized carbons (Fsp3) is 0.333. The molecule has 0 aromatic heterocycles. The summed E-state index contributed by atoms with van der Waals surface area (Å²) in [6.45, 7) is 0.834. The van der Waals surface area contributed by atoms with Gasteiger partial charge in [0.25, 0.3) is 0 Å². The molecule has 1 heterocycles. The van der Waals surface area contributed by atoms with E-state index in [4.69, 9.17) is 15.6 Å². The zero-order valence-electron chi connectivity index (χ0n) is 6.66. The van der Waals surface area contributed by atoms with Crippen LogP contribution in [0.3, 0.4) is 0 Å². The van der Waals surface area contributed by atoms with Crippen molar-refractivity contribution in [3.05, 3.63) is 23.8 Å². The summed E-state index contributed by atoms with van der Waals surface area (Å²) < 4.78 is 5.08. The molecule has 3 nitrogen and oxygen atoms in total. The van der Waals surface area contributed by atoms with Crippen LogP contribution in [-0.2, 0) is 11.2 Å². The quantitative estimate of drug-likeness (QED) is 0.506. The number of nitrogen functional groups attached to an aromatic ring is 1. The lowest BCUT2D eigenvalue weighted by molar-refractivity contribution is 0.407. The number of anilines is 1. The molecule has 1 aliphatic heterocycles. The fourth-order valence-electron chi connectivity index (χ4n) is 1.20. The predicted octanol–water partition coefficient (Wildman–Crippen LogP) is 0.916. The second-order valence-electron chi connectivity index (χ2n) is 3.04. The summed E-state index contributed by atoms with van der Waals surface area (Å²) in [5, 5.41) is 9.08. The van der Waals surface area contributed by atoms with Gasteiger partial charge in [-0.3, -0.25) is 0 Å². The average molecular weight is 165 g/mol. The van der Waals surface area contributed by atoms with E-state index in [-0.39, 0.29) is 5.75 Å². The van der Waals surface area contributed by atoms with Gasteiger partial charge in [0.1, 0.15) is 5.75 Å². The molecule has 1 saturated heterocycles. The van der Waals surface area contributed by atoms with E-state index in [1.807, 2.05) is 6.07 Å². The first-order valence-electron chi connectivity index (χ1n) is 3.94. The number of nitrogens with two attached hydrogens (primary N) is 1. The highest BCUT2D eigenvalue weighted by Gasteiger charge is 2.23. The molecule has 0 aliphatic carbocycles. The number of ether oxygens (including phenoxy) is 1. The molecule has 1 aromatic carbocycles. The zero-order valence-corrected chi connectivity index (χ0v) is 6.66. The fourth-order valence-corrected chi connectivity index (χ4v) is 1.20.